The van der Waals surface area contributed by atoms with E-state index in [1.807, 2.05) is 91.8 Å². The number of aromatic nitrogens is 1. The number of hydrogen-bond acceptors (Lipinski definition) is 5. The Balaban J connectivity index is 1.49. The Labute approximate surface area is 181 Å². The summed E-state index contributed by atoms with van der Waals surface area (Å²) in [5, 5.41) is 4.12. The smallest absolute Gasteiger partial charge is 0.231 e. The number of hydrogen-bond donors (Lipinski definition) is 0. The molecule has 2 aromatic heterocycles. The van der Waals surface area contributed by atoms with Crippen LogP contribution in [-0.2, 0) is 24.3 Å². The average Bonchev–Trinajstić information content (AvgIpc) is 3.46. The molecule has 0 atom stereocenters. The van der Waals surface area contributed by atoms with E-state index < -0.39 is 0 Å². The molecular weight excluding hydrogens is 390 g/mol. The molecule has 6 nitrogen and oxygen atoms in total. The Kier molecular flexibility index (Phi) is 6.17. The van der Waals surface area contributed by atoms with Crippen LogP contribution in [0.25, 0.3) is 11.3 Å². The molecule has 0 fully saturated rings. The number of benzene rings is 2. The minimum Gasteiger partial charge on any atom is -0.467 e. The summed E-state index contributed by atoms with van der Waals surface area (Å²) >= 11 is 0. The van der Waals surface area contributed by atoms with Crippen molar-refractivity contribution >= 4 is 11.6 Å². The van der Waals surface area contributed by atoms with Crippen molar-refractivity contribution in [1.82, 2.24) is 10.1 Å². The molecule has 2 heterocycles. The van der Waals surface area contributed by atoms with Gasteiger partial charge in [-0.05, 0) is 29.8 Å². The Morgan fingerprint density at radius 2 is 1.68 bits per heavy atom. The van der Waals surface area contributed by atoms with Gasteiger partial charge in [0.2, 0.25) is 5.91 Å². The van der Waals surface area contributed by atoms with Crippen LogP contribution in [0.5, 0.6) is 0 Å². The Morgan fingerprint density at radius 3 is 2.35 bits per heavy atom. The minimum atomic E-state index is -0.0520. The van der Waals surface area contributed by atoms with E-state index in [-0.39, 0.29) is 12.3 Å². The van der Waals surface area contributed by atoms with Gasteiger partial charge in [0.05, 0.1) is 19.2 Å². The standard InChI is InChI=1S/C25H25N3O3/c1-27(2)21-12-10-19(11-13-21)17-28(18-22-9-6-14-30-22)25(29)16-23-15-24(26-31-23)20-7-4-3-5-8-20/h3-15H,16-18H2,1-2H3. The molecule has 2 aromatic carbocycles. The molecule has 31 heavy (non-hydrogen) atoms. The highest BCUT2D eigenvalue weighted by Crippen LogP contribution is 2.20. The van der Waals surface area contributed by atoms with E-state index in [0.717, 1.165) is 28.3 Å². The molecule has 0 N–H and O–H groups in total. The fourth-order valence-electron chi connectivity index (χ4n) is 3.34. The van der Waals surface area contributed by atoms with Gasteiger partial charge in [-0.15, -0.1) is 0 Å². The molecule has 0 aliphatic rings. The first-order valence-corrected chi connectivity index (χ1v) is 10.2. The van der Waals surface area contributed by atoms with Gasteiger partial charge in [-0.3, -0.25) is 4.79 Å². The molecule has 0 unspecified atom stereocenters. The lowest BCUT2D eigenvalue weighted by atomic mass is 10.1. The van der Waals surface area contributed by atoms with E-state index in [9.17, 15) is 4.79 Å². The third-order valence-electron chi connectivity index (χ3n) is 5.06. The van der Waals surface area contributed by atoms with Gasteiger partial charge in [-0.25, -0.2) is 0 Å². The van der Waals surface area contributed by atoms with Gasteiger partial charge in [0.15, 0.2) is 0 Å². The van der Waals surface area contributed by atoms with Gasteiger partial charge in [0.1, 0.15) is 17.2 Å². The van der Waals surface area contributed by atoms with Gasteiger partial charge in [0, 0.05) is 38.0 Å². The van der Waals surface area contributed by atoms with Crippen LogP contribution < -0.4 is 4.90 Å². The van der Waals surface area contributed by atoms with Crippen molar-refractivity contribution in [3.63, 3.8) is 0 Å². The summed E-state index contributed by atoms with van der Waals surface area (Å²) in [5.41, 5.74) is 3.84. The fraction of sp³-hybridized carbons (Fsp3) is 0.200. The van der Waals surface area contributed by atoms with E-state index in [0.29, 0.717) is 18.8 Å². The molecular formula is C25H25N3O3. The van der Waals surface area contributed by atoms with Crippen LogP contribution in [0, 0.1) is 0 Å². The number of carbonyl (C=O) groups is 1. The molecule has 0 aliphatic carbocycles. The first kappa shape index (κ1) is 20.5. The van der Waals surface area contributed by atoms with Crippen LogP contribution in [0.2, 0.25) is 0 Å². The van der Waals surface area contributed by atoms with Crippen molar-refractivity contribution in [3.05, 3.63) is 96.1 Å². The quantitative estimate of drug-likeness (QED) is 0.415. The lowest BCUT2D eigenvalue weighted by molar-refractivity contribution is -0.132. The van der Waals surface area contributed by atoms with E-state index in [4.69, 9.17) is 8.94 Å². The van der Waals surface area contributed by atoms with Crippen molar-refractivity contribution in [2.24, 2.45) is 0 Å². The minimum absolute atomic E-state index is 0.0520. The Bertz CT molecular complexity index is 1100. The Hall–Kier alpha value is -3.80. The number of amides is 1. The number of anilines is 1. The van der Waals surface area contributed by atoms with E-state index >= 15 is 0 Å². The molecule has 0 aliphatic heterocycles. The fourth-order valence-corrected chi connectivity index (χ4v) is 3.34. The molecule has 0 radical (unpaired) electrons. The Morgan fingerprint density at radius 1 is 0.903 bits per heavy atom. The summed E-state index contributed by atoms with van der Waals surface area (Å²) in [5.74, 6) is 1.22. The number of furan rings is 1. The van der Waals surface area contributed by atoms with Gasteiger partial charge in [-0.2, -0.15) is 0 Å². The highest BCUT2D eigenvalue weighted by molar-refractivity contribution is 5.78. The molecule has 0 bridgehead atoms. The van der Waals surface area contributed by atoms with Crippen molar-refractivity contribution in [2.45, 2.75) is 19.5 Å². The van der Waals surface area contributed by atoms with E-state index in [1.165, 1.54) is 0 Å². The molecule has 1 amide bonds. The third kappa shape index (κ3) is 5.22. The first-order valence-electron chi connectivity index (χ1n) is 10.2. The SMILES string of the molecule is CN(C)c1ccc(CN(Cc2ccco2)C(=O)Cc2cc(-c3ccccc3)no2)cc1. The van der Waals surface area contributed by atoms with Crippen LogP contribution in [0.3, 0.4) is 0 Å². The van der Waals surface area contributed by atoms with Gasteiger partial charge in [0.25, 0.3) is 0 Å². The lowest BCUT2D eigenvalue weighted by Crippen LogP contribution is -2.31. The topological polar surface area (TPSA) is 62.7 Å². The lowest BCUT2D eigenvalue weighted by Gasteiger charge is -2.22. The van der Waals surface area contributed by atoms with Crippen molar-refractivity contribution in [2.75, 3.05) is 19.0 Å². The summed E-state index contributed by atoms with van der Waals surface area (Å²) in [6.07, 6.45) is 1.75. The van der Waals surface area contributed by atoms with Crippen LogP contribution in [0.15, 0.2) is 88.0 Å². The summed E-state index contributed by atoms with van der Waals surface area (Å²) < 4.78 is 10.9. The van der Waals surface area contributed by atoms with Crippen LogP contribution >= 0.6 is 0 Å². The number of nitrogens with zero attached hydrogens (tertiary/aromatic N) is 3. The summed E-state index contributed by atoms with van der Waals surface area (Å²) in [7, 11) is 4.01. The maximum atomic E-state index is 13.2. The molecule has 4 rings (SSSR count). The second-order valence-electron chi connectivity index (χ2n) is 7.61. The van der Waals surface area contributed by atoms with Crippen LogP contribution in [0.1, 0.15) is 17.1 Å². The zero-order chi connectivity index (χ0) is 21.6. The van der Waals surface area contributed by atoms with Gasteiger partial charge >= 0.3 is 0 Å². The summed E-state index contributed by atoms with van der Waals surface area (Å²) in [4.78, 5) is 17.0. The van der Waals surface area contributed by atoms with E-state index in [1.54, 1.807) is 11.2 Å². The zero-order valence-corrected chi connectivity index (χ0v) is 17.7. The molecule has 4 aromatic rings. The molecule has 0 saturated carbocycles. The molecule has 0 spiro atoms. The van der Waals surface area contributed by atoms with Crippen molar-refractivity contribution in [3.8, 4) is 11.3 Å². The molecule has 0 saturated heterocycles. The molecule has 6 heteroatoms. The van der Waals surface area contributed by atoms with Crippen LogP contribution in [0.4, 0.5) is 5.69 Å². The third-order valence-corrected chi connectivity index (χ3v) is 5.06. The summed E-state index contributed by atoms with van der Waals surface area (Å²) in [6.45, 7) is 0.869. The average molecular weight is 415 g/mol. The monoisotopic (exact) mass is 415 g/mol. The van der Waals surface area contributed by atoms with Crippen LogP contribution in [-0.4, -0.2) is 30.1 Å². The van der Waals surface area contributed by atoms with Gasteiger partial charge < -0.3 is 18.7 Å². The number of rotatable bonds is 8. The maximum Gasteiger partial charge on any atom is 0.231 e. The first-order chi connectivity index (χ1) is 15.1. The normalized spacial score (nSPS) is 10.8. The predicted octanol–water partition coefficient (Wildman–Crippen LogP) is 4.77. The largest absolute Gasteiger partial charge is 0.467 e. The maximum absolute atomic E-state index is 13.2. The second kappa shape index (κ2) is 9.34. The predicted molar refractivity (Wildman–Crippen MR) is 119 cm³/mol. The van der Waals surface area contributed by atoms with E-state index in [2.05, 4.69) is 5.16 Å². The summed E-state index contributed by atoms with van der Waals surface area (Å²) in [6, 6.07) is 23.5. The second-order valence-corrected chi connectivity index (χ2v) is 7.61. The molecule has 158 valence electrons. The van der Waals surface area contributed by atoms with Gasteiger partial charge in [-0.1, -0.05) is 47.6 Å². The number of carbonyl (C=O) groups excluding carboxylic acids is 1. The highest BCUT2D eigenvalue weighted by atomic mass is 16.5. The van der Waals surface area contributed by atoms with Crippen molar-refractivity contribution < 1.29 is 13.7 Å². The zero-order valence-electron chi connectivity index (χ0n) is 17.7. The van der Waals surface area contributed by atoms with Crippen molar-refractivity contribution in [1.29, 1.82) is 0 Å². The highest BCUT2D eigenvalue weighted by Gasteiger charge is 2.19.